The van der Waals surface area contributed by atoms with Crippen LogP contribution >= 0.6 is 0 Å². The van der Waals surface area contributed by atoms with Crippen molar-refractivity contribution >= 4 is 29.2 Å². The summed E-state index contributed by atoms with van der Waals surface area (Å²) in [6.45, 7) is 5.81. The number of nitriles is 1. The zero-order chi connectivity index (χ0) is 20.2. The average molecular weight is 389 g/mol. The van der Waals surface area contributed by atoms with Gasteiger partial charge in [0.15, 0.2) is 0 Å². The van der Waals surface area contributed by atoms with Gasteiger partial charge in [0, 0.05) is 61.6 Å². The average Bonchev–Trinajstić information content (AvgIpc) is 3.18. The fourth-order valence-corrected chi connectivity index (χ4v) is 4.44. The Kier molecular flexibility index (Phi) is 3.95. The maximum absolute atomic E-state index is 11.5. The van der Waals surface area contributed by atoms with Crippen molar-refractivity contribution in [2.45, 2.75) is 38.5 Å². The van der Waals surface area contributed by atoms with Gasteiger partial charge in [0.1, 0.15) is 11.6 Å². The Labute approximate surface area is 169 Å². The molecule has 8 heteroatoms. The molecule has 1 aliphatic carbocycles. The number of aromatic nitrogens is 3. The van der Waals surface area contributed by atoms with Gasteiger partial charge in [0.05, 0.1) is 17.7 Å². The molecule has 1 amide bonds. The van der Waals surface area contributed by atoms with Crippen LogP contribution in [-0.4, -0.2) is 40.5 Å². The SMILES string of the molecule is CC(=O)Nc1cc2c(cn1)C1(CC1)CN2c1cc(C)nc(N2CC[C@@H](C#N)C2)n1. The van der Waals surface area contributed by atoms with Crippen LogP contribution < -0.4 is 15.1 Å². The molecule has 2 aromatic heterocycles. The van der Waals surface area contributed by atoms with E-state index in [4.69, 9.17) is 4.98 Å². The molecule has 8 nitrogen and oxygen atoms in total. The normalized spacial score (nSPS) is 21.2. The largest absolute Gasteiger partial charge is 0.339 e. The third-order valence-corrected chi connectivity index (χ3v) is 6.12. The second-order valence-electron chi connectivity index (χ2n) is 8.36. The van der Waals surface area contributed by atoms with Crippen LogP contribution in [0.3, 0.4) is 0 Å². The number of nitrogens with zero attached hydrogens (tertiary/aromatic N) is 6. The first-order chi connectivity index (χ1) is 14.0. The number of amides is 1. The molecule has 1 N–H and O–H groups in total. The Morgan fingerprint density at radius 2 is 2.17 bits per heavy atom. The molecule has 1 atom stereocenters. The van der Waals surface area contributed by atoms with E-state index in [-0.39, 0.29) is 17.2 Å². The minimum atomic E-state index is -0.135. The molecule has 0 radical (unpaired) electrons. The molecule has 0 bridgehead atoms. The van der Waals surface area contributed by atoms with Gasteiger partial charge in [-0.1, -0.05) is 0 Å². The molecule has 2 aliphatic heterocycles. The van der Waals surface area contributed by atoms with Gasteiger partial charge < -0.3 is 15.1 Å². The fourth-order valence-electron chi connectivity index (χ4n) is 4.44. The van der Waals surface area contributed by atoms with Crippen molar-refractivity contribution in [3.05, 3.63) is 29.6 Å². The van der Waals surface area contributed by atoms with Crippen LogP contribution in [0.2, 0.25) is 0 Å². The van der Waals surface area contributed by atoms with Crippen molar-refractivity contribution in [3.8, 4) is 6.07 Å². The van der Waals surface area contributed by atoms with E-state index in [1.165, 1.54) is 12.5 Å². The first-order valence-electron chi connectivity index (χ1n) is 10.0. The molecule has 5 rings (SSSR count). The molecule has 3 aliphatic rings. The van der Waals surface area contributed by atoms with Crippen molar-refractivity contribution in [2.75, 3.05) is 34.8 Å². The minimum Gasteiger partial charge on any atom is -0.339 e. The topological polar surface area (TPSA) is 98.0 Å². The van der Waals surface area contributed by atoms with Crippen molar-refractivity contribution < 1.29 is 4.79 Å². The third-order valence-electron chi connectivity index (χ3n) is 6.12. The van der Waals surface area contributed by atoms with E-state index in [0.29, 0.717) is 18.3 Å². The lowest BCUT2D eigenvalue weighted by molar-refractivity contribution is -0.114. The van der Waals surface area contributed by atoms with Crippen LogP contribution in [0.1, 0.15) is 37.4 Å². The Bertz CT molecular complexity index is 1040. The molecule has 29 heavy (non-hydrogen) atoms. The molecule has 1 spiro atoms. The lowest BCUT2D eigenvalue weighted by Gasteiger charge is -2.23. The van der Waals surface area contributed by atoms with E-state index in [1.54, 1.807) is 0 Å². The molecular weight excluding hydrogens is 366 g/mol. The summed E-state index contributed by atoms with van der Waals surface area (Å²) in [5, 5.41) is 12.0. The lowest BCUT2D eigenvalue weighted by atomic mass is 10.0. The number of fused-ring (bicyclic) bond motifs is 2. The van der Waals surface area contributed by atoms with Crippen LogP contribution in [0.4, 0.5) is 23.3 Å². The van der Waals surface area contributed by atoms with E-state index < -0.39 is 0 Å². The van der Waals surface area contributed by atoms with Gasteiger partial charge in [-0.3, -0.25) is 4.79 Å². The number of anilines is 4. The highest BCUT2D eigenvalue weighted by atomic mass is 16.1. The summed E-state index contributed by atoms with van der Waals surface area (Å²) in [5.41, 5.74) is 3.34. The number of rotatable bonds is 3. The van der Waals surface area contributed by atoms with Gasteiger partial charge in [-0.2, -0.15) is 10.2 Å². The van der Waals surface area contributed by atoms with Gasteiger partial charge >= 0.3 is 0 Å². The van der Waals surface area contributed by atoms with E-state index in [2.05, 4.69) is 31.2 Å². The molecule has 0 unspecified atom stereocenters. The molecule has 2 fully saturated rings. The fraction of sp³-hybridized carbons (Fsp3) is 0.476. The van der Waals surface area contributed by atoms with E-state index in [9.17, 15) is 10.1 Å². The van der Waals surface area contributed by atoms with Crippen LogP contribution in [0.15, 0.2) is 18.3 Å². The Balaban J connectivity index is 1.52. The Morgan fingerprint density at radius 1 is 1.34 bits per heavy atom. The first kappa shape index (κ1) is 17.9. The number of carbonyl (C=O) groups is 1. The van der Waals surface area contributed by atoms with Crippen LogP contribution in [0.5, 0.6) is 0 Å². The van der Waals surface area contributed by atoms with E-state index in [1.807, 2.05) is 25.3 Å². The van der Waals surface area contributed by atoms with E-state index >= 15 is 0 Å². The van der Waals surface area contributed by atoms with Gasteiger partial charge in [-0.05, 0) is 26.2 Å². The quantitative estimate of drug-likeness (QED) is 0.862. The summed E-state index contributed by atoms with van der Waals surface area (Å²) >= 11 is 0. The van der Waals surface area contributed by atoms with Crippen LogP contribution in [0, 0.1) is 24.2 Å². The summed E-state index contributed by atoms with van der Waals surface area (Å²) in [6.07, 6.45) is 5.04. The Hall–Kier alpha value is -3.21. The number of nitrogens with one attached hydrogen (secondary N) is 1. The van der Waals surface area contributed by atoms with Gasteiger partial charge in [-0.25, -0.2) is 9.97 Å². The molecular formula is C21H23N7O. The maximum atomic E-state index is 11.5. The zero-order valence-electron chi connectivity index (χ0n) is 16.6. The highest BCUT2D eigenvalue weighted by Gasteiger charge is 2.52. The van der Waals surface area contributed by atoms with E-state index in [0.717, 1.165) is 49.6 Å². The molecule has 148 valence electrons. The number of hydrogen-bond acceptors (Lipinski definition) is 7. The summed E-state index contributed by atoms with van der Waals surface area (Å²) in [4.78, 5) is 29.7. The number of aryl methyl sites for hydroxylation is 1. The number of carbonyl (C=O) groups excluding carboxylic acids is 1. The van der Waals surface area contributed by atoms with Gasteiger partial charge in [-0.15, -0.1) is 0 Å². The Morgan fingerprint density at radius 3 is 2.86 bits per heavy atom. The molecule has 4 heterocycles. The number of hydrogen-bond donors (Lipinski definition) is 1. The molecule has 1 saturated heterocycles. The van der Waals surface area contributed by atoms with Gasteiger partial charge in [0.25, 0.3) is 0 Å². The van der Waals surface area contributed by atoms with Crippen molar-refractivity contribution in [1.82, 2.24) is 15.0 Å². The second-order valence-corrected chi connectivity index (χ2v) is 8.36. The van der Waals surface area contributed by atoms with Crippen LogP contribution in [-0.2, 0) is 10.2 Å². The lowest BCUT2D eigenvalue weighted by Crippen LogP contribution is -2.25. The third kappa shape index (κ3) is 3.07. The summed E-state index contributed by atoms with van der Waals surface area (Å²) in [5.74, 6) is 2.01. The smallest absolute Gasteiger partial charge is 0.227 e. The van der Waals surface area contributed by atoms with Crippen molar-refractivity contribution in [2.24, 2.45) is 5.92 Å². The minimum absolute atomic E-state index is 0.0381. The van der Waals surface area contributed by atoms with Crippen LogP contribution in [0.25, 0.3) is 0 Å². The summed E-state index contributed by atoms with van der Waals surface area (Å²) in [7, 11) is 0. The van der Waals surface area contributed by atoms with Crippen molar-refractivity contribution in [3.63, 3.8) is 0 Å². The van der Waals surface area contributed by atoms with Gasteiger partial charge in [0.2, 0.25) is 11.9 Å². The summed E-state index contributed by atoms with van der Waals surface area (Å²) < 4.78 is 0. The molecule has 1 saturated carbocycles. The highest BCUT2D eigenvalue weighted by Crippen LogP contribution is 2.58. The molecule has 0 aromatic carbocycles. The molecule has 2 aromatic rings. The maximum Gasteiger partial charge on any atom is 0.227 e. The predicted molar refractivity (Wildman–Crippen MR) is 109 cm³/mol. The van der Waals surface area contributed by atoms with Crippen molar-refractivity contribution in [1.29, 1.82) is 5.26 Å². The second kappa shape index (κ2) is 6.41. The zero-order valence-corrected chi connectivity index (χ0v) is 16.6. The highest BCUT2D eigenvalue weighted by molar-refractivity contribution is 5.89. The number of pyridine rings is 1. The summed E-state index contributed by atoms with van der Waals surface area (Å²) in [6, 6.07) is 6.30. The first-order valence-corrected chi connectivity index (χ1v) is 10.0. The predicted octanol–water partition coefficient (Wildman–Crippen LogP) is 2.67. The monoisotopic (exact) mass is 389 g/mol. The standard InChI is InChI=1S/C21H23N7O/c1-13-7-19(26-20(24-13)27-6-3-15(9-22)11-27)28-12-21(4-5-21)16-10-23-18(8-17(16)28)25-14(2)29/h7-8,10,15H,3-6,11-12H2,1-2H3,(H,23,25,29)/t15-/m0/s1.